The van der Waals surface area contributed by atoms with E-state index >= 15 is 0 Å². The number of halogens is 1. The quantitative estimate of drug-likeness (QED) is 0.723. The number of carbonyl (C=O) groups excluding carboxylic acids is 1. The van der Waals surface area contributed by atoms with E-state index in [0.29, 0.717) is 28.2 Å². The number of hydrogen-bond donors (Lipinski definition) is 1. The number of hydrogen-bond acceptors (Lipinski definition) is 5. The van der Waals surface area contributed by atoms with Crippen LogP contribution in [0.3, 0.4) is 0 Å². The van der Waals surface area contributed by atoms with Crippen LogP contribution in [0.1, 0.15) is 5.56 Å². The number of thioether (sulfide) groups is 1. The number of oxazole rings is 1. The molecule has 1 heterocycles. The van der Waals surface area contributed by atoms with Gasteiger partial charge in [-0.3, -0.25) is 4.79 Å². The lowest BCUT2D eigenvalue weighted by Gasteiger charge is -2.04. The smallest absolute Gasteiger partial charge is 0.235 e. The number of thiocyanates is 1. The Morgan fingerprint density at radius 3 is 2.83 bits per heavy atom. The normalized spacial score (nSPS) is 10.5. The largest absolute Gasteiger partial charge is 0.436 e. The zero-order valence-corrected chi connectivity index (χ0v) is 13.5. The fourth-order valence-corrected chi connectivity index (χ4v) is 2.55. The summed E-state index contributed by atoms with van der Waals surface area (Å²) in [7, 11) is 0. The summed E-state index contributed by atoms with van der Waals surface area (Å²) in [5.41, 5.74) is 3.28. The van der Waals surface area contributed by atoms with Crippen molar-refractivity contribution in [3.05, 3.63) is 47.8 Å². The number of nitrogens with zero attached hydrogens (tertiary/aromatic N) is 2. The first kappa shape index (κ1) is 16.0. The van der Waals surface area contributed by atoms with Crippen LogP contribution in [-0.4, -0.2) is 16.6 Å². The molecular weight excluding hydrogens is 329 g/mol. The minimum Gasteiger partial charge on any atom is -0.436 e. The summed E-state index contributed by atoms with van der Waals surface area (Å²) >= 11 is 0.875. The number of nitrogens with one attached hydrogen (secondary N) is 1. The fraction of sp³-hybridized carbons (Fsp3) is 0.118. The number of nitriles is 1. The van der Waals surface area contributed by atoms with Crippen LogP contribution in [0.5, 0.6) is 0 Å². The highest BCUT2D eigenvalue weighted by Gasteiger charge is 2.13. The molecule has 7 heteroatoms. The minimum atomic E-state index is -0.328. The maximum absolute atomic E-state index is 13.0. The van der Waals surface area contributed by atoms with E-state index in [0.717, 1.165) is 17.3 Å². The van der Waals surface area contributed by atoms with Gasteiger partial charge in [0.15, 0.2) is 5.58 Å². The summed E-state index contributed by atoms with van der Waals surface area (Å²) in [5, 5.41) is 13.1. The Labute approximate surface area is 141 Å². The van der Waals surface area contributed by atoms with Crippen LogP contribution in [0.25, 0.3) is 22.6 Å². The van der Waals surface area contributed by atoms with Gasteiger partial charge < -0.3 is 9.73 Å². The van der Waals surface area contributed by atoms with Crippen LogP contribution >= 0.6 is 11.8 Å². The minimum absolute atomic E-state index is 0.0627. The van der Waals surface area contributed by atoms with Gasteiger partial charge in [0.25, 0.3) is 0 Å². The molecule has 0 atom stereocenters. The molecule has 0 aliphatic heterocycles. The van der Waals surface area contributed by atoms with E-state index in [1.165, 1.54) is 12.1 Å². The highest BCUT2D eigenvalue weighted by Crippen LogP contribution is 2.29. The Bertz CT molecular complexity index is 945. The van der Waals surface area contributed by atoms with E-state index in [1.807, 2.05) is 12.3 Å². The molecule has 0 aliphatic rings. The number of carbonyl (C=O) groups is 1. The van der Waals surface area contributed by atoms with Crippen molar-refractivity contribution in [2.24, 2.45) is 0 Å². The van der Waals surface area contributed by atoms with Gasteiger partial charge in [-0.25, -0.2) is 9.37 Å². The monoisotopic (exact) mass is 341 g/mol. The van der Waals surface area contributed by atoms with Crippen LogP contribution in [0, 0.1) is 23.4 Å². The number of rotatable bonds is 4. The molecule has 0 unspecified atom stereocenters. The molecule has 0 radical (unpaired) electrons. The lowest BCUT2D eigenvalue weighted by molar-refractivity contribution is -0.113. The highest BCUT2D eigenvalue weighted by molar-refractivity contribution is 8.04. The summed E-state index contributed by atoms with van der Waals surface area (Å²) in [6, 6.07) is 9.35. The molecule has 0 saturated carbocycles. The van der Waals surface area contributed by atoms with E-state index in [9.17, 15) is 9.18 Å². The molecule has 0 spiro atoms. The second-order valence-corrected chi connectivity index (χ2v) is 5.86. The summed E-state index contributed by atoms with van der Waals surface area (Å²) in [5.74, 6) is -0.141. The van der Waals surface area contributed by atoms with Crippen LogP contribution in [0.2, 0.25) is 0 Å². The molecule has 1 aromatic heterocycles. The Morgan fingerprint density at radius 1 is 1.38 bits per heavy atom. The first-order valence-corrected chi connectivity index (χ1v) is 8.03. The van der Waals surface area contributed by atoms with Crippen molar-refractivity contribution < 1.29 is 13.6 Å². The number of amides is 1. The third-order valence-corrected chi connectivity index (χ3v) is 3.85. The third-order valence-electron chi connectivity index (χ3n) is 3.32. The van der Waals surface area contributed by atoms with Crippen molar-refractivity contribution >= 4 is 34.5 Å². The Balaban J connectivity index is 1.92. The molecule has 1 N–H and O–H groups in total. The van der Waals surface area contributed by atoms with Crippen molar-refractivity contribution in [2.75, 3.05) is 11.1 Å². The van der Waals surface area contributed by atoms with E-state index in [-0.39, 0.29) is 17.5 Å². The van der Waals surface area contributed by atoms with E-state index in [2.05, 4.69) is 10.3 Å². The number of aryl methyl sites for hydroxylation is 1. The molecule has 3 rings (SSSR count). The average molecular weight is 341 g/mol. The third kappa shape index (κ3) is 3.39. The number of benzene rings is 2. The fourth-order valence-electron chi connectivity index (χ4n) is 2.28. The SMILES string of the molecule is Cc1cc(NC(=O)CSC#N)cc2nc(-c3ccc(F)cc3)oc12. The van der Waals surface area contributed by atoms with Crippen molar-refractivity contribution in [2.45, 2.75) is 6.92 Å². The summed E-state index contributed by atoms with van der Waals surface area (Å²) < 4.78 is 18.8. The Morgan fingerprint density at radius 2 is 2.12 bits per heavy atom. The van der Waals surface area contributed by atoms with Crippen LogP contribution in [0.15, 0.2) is 40.8 Å². The number of fused-ring (bicyclic) bond motifs is 1. The maximum Gasteiger partial charge on any atom is 0.235 e. The van der Waals surface area contributed by atoms with E-state index < -0.39 is 0 Å². The molecule has 1 amide bonds. The van der Waals surface area contributed by atoms with Gasteiger partial charge in [-0.15, -0.1) is 0 Å². The standard InChI is InChI=1S/C17H12FN3O2S/c1-10-6-13(20-15(22)8-24-9-19)7-14-16(10)23-17(21-14)11-2-4-12(18)5-3-11/h2-7H,8H2,1H3,(H,20,22). The number of anilines is 1. The molecule has 0 fully saturated rings. The maximum atomic E-state index is 13.0. The van der Waals surface area contributed by atoms with Gasteiger partial charge in [-0.1, -0.05) is 0 Å². The molecule has 120 valence electrons. The van der Waals surface area contributed by atoms with Crippen molar-refractivity contribution in [3.63, 3.8) is 0 Å². The summed E-state index contributed by atoms with van der Waals surface area (Å²) in [6.07, 6.45) is 0. The van der Waals surface area contributed by atoms with Gasteiger partial charge in [0.1, 0.15) is 16.7 Å². The molecule has 3 aromatic rings. The first-order chi connectivity index (χ1) is 11.6. The van der Waals surface area contributed by atoms with Gasteiger partial charge in [-0.2, -0.15) is 5.26 Å². The van der Waals surface area contributed by atoms with Gasteiger partial charge in [0, 0.05) is 11.3 Å². The molecule has 0 bridgehead atoms. The Hall–Kier alpha value is -2.85. The second-order valence-electron chi connectivity index (χ2n) is 5.10. The topological polar surface area (TPSA) is 78.9 Å². The van der Waals surface area contributed by atoms with Gasteiger partial charge in [0.2, 0.25) is 11.8 Å². The van der Waals surface area contributed by atoms with Crippen LogP contribution < -0.4 is 5.32 Å². The first-order valence-electron chi connectivity index (χ1n) is 7.04. The van der Waals surface area contributed by atoms with E-state index in [1.54, 1.807) is 24.3 Å². The predicted molar refractivity (Wildman–Crippen MR) is 90.8 cm³/mol. The van der Waals surface area contributed by atoms with E-state index in [4.69, 9.17) is 9.68 Å². The molecule has 24 heavy (non-hydrogen) atoms. The zero-order valence-electron chi connectivity index (χ0n) is 12.7. The van der Waals surface area contributed by atoms with Crippen LogP contribution in [0.4, 0.5) is 10.1 Å². The summed E-state index contributed by atoms with van der Waals surface area (Å²) in [4.78, 5) is 16.1. The lowest BCUT2D eigenvalue weighted by Crippen LogP contribution is -2.13. The number of aromatic nitrogens is 1. The lowest BCUT2D eigenvalue weighted by atomic mass is 10.2. The Kier molecular flexibility index (Phi) is 4.49. The molecule has 5 nitrogen and oxygen atoms in total. The highest BCUT2D eigenvalue weighted by atomic mass is 32.2. The van der Waals surface area contributed by atoms with Crippen molar-refractivity contribution in [1.29, 1.82) is 5.26 Å². The predicted octanol–water partition coefficient (Wildman–Crippen LogP) is 4.10. The van der Waals surface area contributed by atoms with Crippen LogP contribution in [-0.2, 0) is 4.79 Å². The average Bonchev–Trinajstić information content (AvgIpc) is 2.98. The van der Waals surface area contributed by atoms with Gasteiger partial charge >= 0.3 is 0 Å². The van der Waals surface area contributed by atoms with Gasteiger partial charge in [0.05, 0.1) is 5.75 Å². The molecule has 0 saturated heterocycles. The molecule has 2 aromatic carbocycles. The van der Waals surface area contributed by atoms with Gasteiger partial charge in [-0.05, 0) is 60.6 Å². The molecule has 0 aliphatic carbocycles. The summed E-state index contributed by atoms with van der Waals surface area (Å²) in [6.45, 7) is 1.85. The van der Waals surface area contributed by atoms with Crippen molar-refractivity contribution in [3.8, 4) is 16.9 Å². The molecular formula is C17H12FN3O2S. The second kappa shape index (κ2) is 6.72. The zero-order chi connectivity index (χ0) is 17.1. The van der Waals surface area contributed by atoms with Crippen molar-refractivity contribution in [1.82, 2.24) is 4.98 Å².